The second-order valence-corrected chi connectivity index (χ2v) is 27.2. The SMILES string of the molecule is CC(C)(C)[Si](C)(C)OCc1cc(CO[Si](C)(C)C(C)(C)C)cc(-c2cc(CCC(F)(F)C(F)(F)C(F)(F)C(F)(F)C(F)(F)C(F)(F)F)cc(C3(C(F)(F)F)NN3)c2)c1. The van der Waals surface area contributed by atoms with Gasteiger partial charge in [0.2, 0.25) is 5.66 Å². The summed E-state index contributed by atoms with van der Waals surface area (Å²) in [6.07, 6.45) is -16.9. The number of alkyl halides is 16. The Morgan fingerprint density at radius 2 is 0.879 bits per heavy atom. The van der Waals surface area contributed by atoms with Crippen LogP contribution in [-0.2, 0) is 34.1 Å². The molecule has 2 aromatic rings. The van der Waals surface area contributed by atoms with Crippen molar-refractivity contribution < 1.29 is 79.1 Å². The third-order valence-electron chi connectivity index (χ3n) is 11.1. The van der Waals surface area contributed by atoms with Crippen LogP contribution in [-0.4, -0.2) is 58.6 Å². The van der Waals surface area contributed by atoms with E-state index in [0.29, 0.717) is 17.2 Å². The first kappa shape index (κ1) is 50.0. The Morgan fingerprint density at radius 3 is 1.24 bits per heavy atom. The van der Waals surface area contributed by atoms with Gasteiger partial charge in [0.05, 0.1) is 13.2 Å². The Morgan fingerprint density at radius 1 is 0.500 bits per heavy atom. The minimum Gasteiger partial charge on any atom is -0.413 e. The van der Waals surface area contributed by atoms with Crippen molar-refractivity contribution in [3.63, 3.8) is 0 Å². The molecule has 0 spiro atoms. The van der Waals surface area contributed by atoms with Gasteiger partial charge in [0.15, 0.2) is 16.6 Å². The molecule has 2 aromatic carbocycles. The van der Waals surface area contributed by atoms with Crippen LogP contribution in [0.5, 0.6) is 0 Å². The molecule has 1 aliphatic rings. The van der Waals surface area contributed by atoms with E-state index in [1.807, 2.05) is 78.6 Å². The summed E-state index contributed by atoms with van der Waals surface area (Å²) in [5, 5.41) is -0.507. The van der Waals surface area contributed by atoms with Gasteiger partial charge < -0.3 is 8.85 Å². The van der Waals surface area contributed by atoms with Gasteiger partial charge in [-0.3, -0.25) is 0 Å². The maximum atomic E-state index is 14.9. The summed E-state index contributed by atoms with van der Waals surface area (Å²) < 4.78 is 235. The van der Waals surface area contributed by atoms with Crippen LogP contribution < -0.4 is 10.9 Å². The van der Waals surface area contributed by atoms with E-state index >= 15 is 0 Å². The quantitative estimate of drug-likeness (QED) is 0.106. The van der Waals surface area contributed by atoms with Gasteiger partial charge in [-0.25, -0.2) is 10.9 Å². The second kappa shape index (κ2) is 15.2. The summed E-state index contributed by atoms with van der Waals surface area (Å²) in [6, 6.07) is 7.18. The summed E-state index contributed by atoms with van der Waals surface area (Å²) in [7, 11) is -4.83. The van der Waals surface area contributed by atoms with Crippen molar-refractivity contribution in [2.75, 3.05) is 0 Å². The van der Waals surface area contributed by atoms with Crippen LogP contribution >= 0.6 is 0 Å². The summed E-state index contributed by atoms with van der Waals surface area (Å²) in [4.78, 5) is 0. The molecule has 0 unspecified atom stereocenters. The highest BCUT2D eigenvalue weighted by atomic mass is 28.4. The minimum atomic E-state index is -8.08. The first-order valence-corrected chi connectivity index (χ1v) is 23.5. The zero-order valence-corrected chi connectivity index (χ0v) is 35.2. The fraction of sp³-hybridized carbons (Fsp3) is 0.667. The van der Waals surface area contributed by atoms with Crippen molar-refractivity contribution in [2.45, 2.75) is 151 Å². The van der Waals surface area contributed by atoms with E-state index < -0.39 is 88.2 Å². The normalized spacial score (nSPS) is 16.9. The number of hydrazine groups is 1. The molecule has 1 saturated heterocycles. The molecular formula is C36H46F16N2O2Si2. The van der Waals surface area contributed by atoms with Crippen LogP contribution in [0, 0.1) is 0 Å². The van der Waals surface area contributed by atoms with Crippen LogP contribution in [0.4, 0.5) is 70.2 Å². The summed E-state index contributed by atoms with van der Waals surface area (Å²) in [5.74, 6) is -37.9. The van der Waals surface area contributed by atoms with Crippen molar-refractivity contribution in [1.29, 1.82) is 0 Å². The number of aryl methyl sites for hydroxylation is 1. The average Bonchev–Trinajstić information content (AvgIpc) is 3.86. The van der Waals surface area contributed by atoms with E-state index in [4.69, 9.17) is 8.85 Å². The molecule has 22 heteroatoms. The van der Waals surface area contributed by atoms with E-state index in [0.717, 1.165) is 12.1 Å². The predicted octanol–water partition coefficient (Wildman–Crippen LogP) is 12.9. The largest absolute Gasteiger partial charge is 0.460 e. The maximum absolute atomic E-state index is 14.9. The molecule has 0 bridgehead atoms. The van der Waals surface area contributed by atoms with Gasteiger partial charge in [-0.2, -0.15) is 70.2 Å². The highest BCUT2D eigenvalue weighted by Gasteiger charge is 2.90. The molecule has 0 saturated carbocycles. The molecule has 4 nitrogen and oxygen atoms in total. The Bertz CT molecular complexity index is 1740. The zero-order valence-electron chi connectivity index (χ0n) is 33.2. The van der Waals surface area contributed by atoms with Crippen molar-refractivity contribution in [1.82, 2.24) is 10.9 Å². The topological polar surface area (TPSA) is 62.3 Å². The lowest BCUT2D eigenvalue weighted by atomic mass is 9.89. The molecule has 58 heavy (non-hydrogen) atoms. The fourth-order valence-electron chi connectivity index (χ4n) is 5.05. The van der Waals surface area contributed by atoms with Crippen molar-refractivity contribution in [2.24, 2.45) is 0 Å². The Balaban J connectivity index is 2.18. The Kier molecular flexibility index (Phi) is 13.1. The lowest BCUT2D eigenvalue weighted by Crippen LogP contribution is -2.70. The van der Waals surface area contributed by atoms with Crippen molar-refractivity contribution in [3.05, 3.63) is 58.7 Å². The van der Waals surface area contributed by atoms with Gasteiger partial charge in [0, 0.05) is 6.42 Å². The van der Waals surface area contributed by atoms with E-state index in [2.05, 4.69) is 0 Å². The van der Waals surface area contributed by atoms with Crippen LogP contribution in [0.15, 0.2) is 36.4 Å². The number of hydrogen-bond donors (Lipinski definition) is 2. The highest BCUT2D eigenvalue weighted by Crippen LogP contribution is 2.61. The lowest BCUT2D eigenvalue weighted by Gasteiger charge is -2.39. The van der Waals surface area contributed by atoms with E-state index in [-0.39, 0.29) is 34.4 Å². The molecule has 332 valence electrons. The Hall–Kier alpha value is -2.41. The standard InChI is InChI=1S/C36H46F16N2O2Si2/c1-27(2,3)57(7,8)55-19-22-13-23(20-56-58(9,10)28(4,5)6)16-24(15-22)25-14-21(17-26(18-25)30(53-54-30)35(47,48)49)11-12-29(37,38)31(39,40)32(41,42)33(43,44)34(45,46)36(50,51)52/h13-18,53-54H,11-12,19-20H2,1-10H3. The summed E-state index contributed by atoms with van der Waals surface area (Å²) in [6.45, 7) is 19.7. The van der Waals surface area contributed by atoms with Crippen LogP contribution in [0.25, 0.3) is 11.1 Å². The zero-order chi connectivity index (χ0) is 45.4. The van der Waals surface area contributed by atoms with Gasteiger partial charge >= 0.3 is 42.0 Å². The number of nitrogens with one attached hydrogen (secondary N) is 2. The number of rotatable bonds is 15. The molecule has 0 aromatic heterocycles. The molecule has 2 N–H and O–H groups in total. The third-order valence-corrected chi connectivity index (χ3v) is 20.1. The monoisotopic (exact) mass is 898 g/mol. The second-order valence-electron chi connectivity index (χ2n) is 17.6. The molecule has 0 amide bonds. The van der Waals surface area contributed by atoms with Gasteiger partial charge in [-0.1, -0.05) is 59.7 Å². The summed E-state index contributed by atoms with van der Waals surface area (Å²) >= 11 is 0. The van der Waals surface area contributed by atoms with Gasteiger partial charge in [-0.15, -0.1) is 0 Å². The van der Waals surface area contributed by atoms with Crippen LogP contribution in [0.2, 0.25) is 36.3 Å². The third kappa shape index (κ3) is 9.25. The molecule has 1 heterocycles. The van der Waals surface area contributed by atoms with Crippen molar-refractivity contribution in [3.8, 4) is 11.1 Å². The number of halogens is 16. The van der Waals surface area contributed by atoms with Crippen LogP contribution in [0.3, 0.4) is 0 Å². The highest BCUT2D eigenvalue weighted by molar-refractivity contribution is 6.74. The molecule has 0 aliphatic carbocycles. The van der Waals surface area contributed by atoms with E-state index in [9.17, 15) is 70.2 Å². The van der Waals surface area contributed by atoms with Crippen molar-refractivity contribution >= 4 is 16.6 Å². The molecular weight excluding hydrogens is 853 g/mol. The molecule has 1 aliphatic heterocycles. The number of benzene rings is 2. The lowest BCUT2D eigenvalue weighted by molar-refractivity contribution is -0.440. The molecule has 0 atom stereocenters. The predicted molar refractivity (Wildman–Crippen MR) is 189 cm³/mol. The van der Waals surface area contributed by atoms with Crippen LogP contribution in [0.1, 0.15) is 70.2 Å². The smallest absolute Gasteiger partial charge is 0.413 e. The first-order chi connectivity index (χ1) is 25.5. The van der Waals surface area contributed by atoms with Gasteiger partial charge in [-0.05, 0) is 94.3 Å². The van der Waals surface area contributed by atoms with Gasteiger partial charge in [0.1, 0.15) is 0 Å². The number of hydrogen-bond acceptors (Lipinski definition) is 4. The van der Waals surface area contributed by atoms with E-state index in [1.165, 1.54) is 12.1 Å². The summed E-state index contributed by atoms with van der Waals surface area (Å²) in [5.41, 5.74) is 0.239. The fourth-order valence-corrected chi connectivity index (χ4v) is 6.97. The maximum Gasteiger partial charge on any atom is 0.460 e. The minimum absolute atomic E-state index is 0.00684. The van der Waals surface area contributed by atoms with E-state index in [1.54, 1.807) is 6.07 Å². The Labute approximate surface area is 327 Å². The first-order valence-electron chi connectivity index (χ1n) is 17.6. The molecule has 1 fully saturated rings. The molecule has 0 radical (unpaired) electrons. The average molecular weight is 899 g/mol. The van der Waals surface area contributed by atoms with Gasteiger partial charge in [0.25, 0.3) is 0 Å². The molecule has 3 rings (SSSR count).